The van der Waals surface area contributed by atoms with Crippen LogP contribution in [0.2, 0.25) is 0 Å². The standard InChI is InChI=1S/C13H17N3O/c1-5-7-11(6-2)14-13(17)12-8-9(3)15-16-10(12)4/h2,8,11H,5,7H2,1,3-4H3,(H,14,17). The molecule has 4 heteroatoms. The van der Waals surface area contributed by atoms with Crippen LogP contribution in [0, 0.1) is 26.2 Å². The van der Waals surface area contributed by atoms with Gasteiger partial charge in [0.05, 0.1) is 23.0 Å². The van der Waals surface area contributed by atoms with Crippen LogP contribution in [0.25, 0.3) is 0 Å². The molecular formula is C13H17N3O. The first-order valence-electron chi connectivity index (χ1n) is 5.66. The average Bonchev–Trinajstić information content (AvgIpc) is 2.31. The van der Waals surface area contributed by atoms with Crippen molar-refractivity contribution >= 4 is 5.91 Å². The summed E-state index contributed by atoms with van der Waals surface area (Å²) in [6.45, 7) is 5.58. The number of nitrogens with one attached hydrogen (secondary N) is 1. The molecule has 90 valence electrons. The summed E-state index contributed by atoms with van der Waals surface area (Å²) in [5.74, 6) is 2.39. The fourth-order valence-corrected chi connectivity index (χ4v) is 1.50. The summed E-state index contributed by atoms with van der Waals surface area (Å²) in [5, 5.41) is 10.6. The highest BCUT2D eigenvalue weighted by Crippen LogP contribution is 2.06. The van der Waals surface area contributed by atoms with Crippen molar-refractivity contribution in [1.82, 2.24) is 15.5 Å². The number of aromatic nitrogens is 2. The number of carbonyl (C=O) groups is 1. The summed E-state index contributed by atoms with van der Waals surface area (Å²) in [5.41, 5.74) is 1.86. The maximum absolute atomic E-state index is 12.0. The van der Waals surface area contributed by atoms with Crippen molar-refractivity contribution in [1.29, 1.82) is 0 Å². The molecule has 1 heterocycles. The zero-order valence-corrected chi connectivity index (χ0v) is 10.4. The first-order valence-corrected chi connectivity index (χ1v) is 5.66. The average molecular weight is 231 g/mol. The SMILES string of the molecule is C#CC(CCC)NC(=O)c1cc(C)nnc1C. The molecule has 1 aromatic heterocycles. The second kappa shape index (κ2) is 6.00. The molecule has 0 aromatic carbocycles. The lowest BCUT2D eigenvalue weighted by molar-refractivity contribution is 0.0943. The van der Waals surface area contributed by atoms with Gasteiger partial charge in [-0.2, -0.15) is 10.2 Å². The van der Waals surface area contributed by atoms with Gasteiger partial charge in [0.25, 0.3) is 5.91 Å². The Bertz CT molecular complexity index is 448. The van der Waals surface area contributed by atoms with E-state index in [0.717, 1.165) is 12.8 Å². The van der Waals surface area contributed by atoms with Gasteiger partial charge in [0, 0.05) is 0 Å². The van der Waals surface area contributed by atoms with Crippen molar-refractivity contribution in [2.75, 3.05) is 0 Å². The van der Waals surface area contributed by atoms with E-state index in [1.807, 2.05) is 6.92 Å². The summed E-state index contributed by atoms with van der Waals surface area (Å²) < 4.78 is 0. The van der Waals surface area contributed by atoms with Crippen LogP contribution in [0.3, 0.4) is 0 Å². The van der Waals surface area contributed by atoms with Gasteiger partial charge in [0.15, 0.2) is 0 Å². The molecular weight excluding hydrogens is 214 g/mol. The Morgan fingerprint density at radius 3 is 2.82 bits per heavy atom. The van der Waals surface area contributed by atoms with Gasteiger partial charge in [-0.25, -0.2) is 0 Å². The van der Waals surface area contributed by atoms with E-state index in [1.165, 1.54) is 0 Å². The molecule has 1 rings (SSSR count). The van der Waals surface area contributed by atoms with E-state index in [-0.39, 0.29) is 11.9 Å². The zero-order chi connectivity index (χ0) is 12.8. The molecule has 0 aliphatic rings. The van der Waals surface area contributed by atoms with Crippen molar-refractivity contribution in [2.24, 2.45) is 0 Å². The molecule has 1 aromatic rings. The Hall–Kier alpha value is -1.89. The van der Waals surface area contributed by atoms with Crippen LogP contribution in [0.1, 0.15) is 41.5 Å². The van der Waals surface area contributed by atoms with E-state index in [2.05, 4.69) is 21.4 Å². The van der Waals surface area contributed by atoms with Gasteiger partial charge >= 0.3 is 0 Å². The number of terminal acetylenes is 1. The molecule has 0 fully saturated rings. The number of carbonyl (C=O) groups excluding carboxylic acids is 1. The molecule has 0 saturated heterocycles. The number of aryl methyl sites for hydroxylation is 2. The van der Waals surface area contributed by atoms with Crippen LogP contribution in [-0.4, -0.2) is 22.1 Å². The maximum Gasteiger partial charge on any atom is 0.254 e. The minimum atomic E-state index is -0.222. The van der Waals surface area contributed by atoms with E-state index < -0.39 is 0 Å². The molecule has 1 N–H and O–H groups in total. The Kier molecular flexibility index (Phi) is 4.65. The van der Waals surface area contributed by atoms with Crippen LogP contribution in [-0.2, 0) is 0 Å². The van der Waals surface area contributed by atoms with Crippen molar-refractivity contribution in [3.05, 3.63) is 23.0 Å². The first kappa shape index (κ1) is 13.2. The number of nitrogens with zero attached hydrogens (tertiary/aromatic N) is 2. The summed E-state index contributed by atoms with van der Waals surface area (Å²) in [6.07, 6.45) is 7.07. The fourth-order valence-electron chi connectivity index (χ4n) is 1.50. The lowest BCUT2D eigenvalue weighted by atomic mass is 10.1. The van der Waals surface area contributed by atoms with Gasteiger partial charge in [0.2, 0.25) is 0 Å². The van der Waals surface area contributed by atoms with Crippen LogP contribution >= 0.6 is 0 Å². The Morgan fingerprint density at radius 2 is 2.24 bits per heavy atom. The van der Waals surface area contributed by atoms with Gasteiger partial charge in [-0.05, 0) is 26.3 Å². The molecule has 17 heavy (non-hydrogen) atoms. The van der Waals surface area contributed by atoms with Crippen molar-refractivity contribution in [3.63, 3.8) is 0 Å². The Morgan fingerprint density at radius 1 is 1.53 bits per heavy atom. The number of amides is 1. The minimum absolute atomic E-state index is 0.183. The fraction of sp³-hybridized carbons (Fsp3) is 0.462. The van der Waals surface area contributed by atoms with Crippen LogP contribution in [0.15, 0.2) is 6.07 Å². The lowest BCUT2D eigenvalue weighted by Crippen LogP contribution is -2.34. The number of rotatable bonds is 4. The third-order valence-corrected chi connectivity index (χ3v) is 2.43. The molecule has 1 atom stereocenters. The van der Waals surface area contributed by atoms with Crippen molar-refractivity contribution in [3.8, 4) is 12.3 Å². The Labute approximate surface area is 102 Å². The normalized spacial score (nSPS) is 11.6. The van der Waals surface area contributed by atoms with Crippen molar-refractivity contribution < 1.29 is 4.79 Å². The van der Waals surface area contributed by atoms with E-state index >= 15 is 0 Å². The van der Waals surface area contributed by atoms with Gasteiger partial charge in [0.1, 0.15) is 0 Å². The molecule has 0 bridgehead atoms. The molecule has 0 radical (unpaired) electrons. The molecule has 0 spiro atoms. The second-order valence-corrected chi connectivity index (χ2v) is 3.97. The summed E-state index contributed by atoms with van der Waals surface area (Å²) in [4.78, 5) is 12.0. The third-order valence-electron chi connectivity index (χ3n) is 2.43. The van der Waals surface area contributed by atoms with E-state index in [1.54, 1.807) is 19.9 Å². The third kappa shape index (κ3) is 3.56. The highest BCUT2D eigenvalue weighted by molar-refractivity contribution is 5.95. The van der Waals surface area contributed by atoms with Crippen LogP contribution in [0.4, 0.5) is 0 Å². The summed E-state index contributed by atoms with van der Waals surface area (Å²) in [7, 11) is 0. The van der Waals surface area contributed by atoms with E-state index in [9.17, 15) is 4.79 Å². The predicted octanol–water partition coefficient (Wildman–Crippen LogP) is 1.63. The van der Waals surface area contributed by atoms with Crippen LogP contribution in [0.5, 0.6) is 0 Å². The highest BCUT2D eigenvalue weighted by atomic mass is 16.1. The Balaban J connectivity index is 2.83. The minimum Gasteiger partial charge on any atom is -0.338 e. The molecule has 1 unspecified atom stereocenters. The largest absolute Gasteiger partial charge is 0.338 e. The molecule has 0 aliphatic heterocycles. The highest BCUT2D eigenvalue weighted by Gasteiger charge is 2.14. The molecule has 1 amide bonds. The van der Waals surface area contributed by atoms with Gasteiger partial charge < -0.3 is 5.32 Å². The molecule has 4 nitrogen and oxygen atoms in total. The second-order valence-electron chi connectivity index (χ2n) is 3.97. The van der Waals surface area contributed by atoms with Crippen molar-refractivity contribution in [2.45, 2.75) is 39.7 Å². The molecule has 0 saturated carbocycles. The summed E-state index contributed by atoms with van der Waals surface area (Å²) in [6, 6.07) is 1.50. The van der Waals surface area contributed by atoms with Crippen LogP contribution < -0.4 is 5.32 Å². The number of hydrogen-bond acceptors (Lipinski definition) is 3. The van der Waals surface area contributed by atoms with Gasteiger partial charge in [-0.3, -0.25) is 4.79 Å². The van der Waals surface area contributed by atoms with E-state index in [4.69, 9.17) is 6.42 Å². The first-order chi connectivity index (χ1) is 8.08. The molecule has 0 aliphatic carbocycles. The smallest absolute Gasteiger partial charge is 0.254 e. The topological polar surface area (TPSA) is 54.9 Å². The predicted molar refractivity (Wildman–Crippen MR) is 66.5 cm³/mol. The maximum atomic E-state index is 12.0. The quantitative estimate of drug-likeness (QED) is 0.801. The van der Waals surface area contributed by atoms with Gasteiger partial charge in [-0.15, -0.1) is 6.42 Å². The summed E-state index contributed by atoms with van der Waals surface area (Å²) >= 11 is 0. The lowest BCUT2D eigenvalue weighted by Gasteiger charge is -2.12. The monoisotopic (exact) mass is 231 g/mol. The van der Waals surface area contributed by atoms with Gasteiger partial charge in [-0.1, -0.05) is 19.3 Å². The zero-order valence-electron chi connectivity index (χ0n) is 10.4. The van der Waals surface area contributed by atoms with E-state index in [0.29, 0.717) is 17.0 Å². The number of hydrogen-bond donors (Lipinski definition) is 1.